The van der Waals surface area contributed by atoms with Crippen molar-refractivity contribution >= 4 is 16.5 Å². The molecular weight excluding hydrogens is 311 g/mol. The Hall–Kier alpha value is -1.53. The van der Waals surface area contributed by atoms with E-state index in [2.05, 4.69) is 20.0 Å². The van der Waals surface area contributed by atoms with Crippen molar-refractivity contribution in [1.82, 2.24) is 15.1 Å². The van der Waals surface area contributed by atoms with Gasteiger partial charge in [-0.2, -0.15) is 0 Å². The van der Waals surface area contributed by atoms with Gasteiger partial charge in [0.15, 0.2) is 0 Å². The minimum Gasteiger partial charge on any atom is -0.346 e. The maximum atomic E-state index is 13.0. The van der Waals surface area contributed by atoms with E-state index in [1.807, 2.05) is 17.6 Å². The molecule has 0 amide bonds. The summed E-state index contributed by atoms with van der Waals surface area (Å²) >= 11 is 1.63. The SMILES string of the molecule is Fc1ccc(CN2CC[C@]3(CCCN(c4nncs4)C3)C2)cc1. The summed E-state index contributed by atoms with van der Waals surface area (Å²) in [5.41, 5.74) is 3.39. The smallest absolute Gasteiger partial charge is 0.208 e. The third-order valence-electron chi connectivity index (χ3n) is 5.12. The summed E-state index contributed by atoms with van der Waals surface area (Å²) in [6.07, 6.45) is 3.76. The number of halogens is 1. The zero-order chi connectivity index (χ0) is 15.7. The maximum absolute atomic E-state index is 13.0. The van der Waals surface area contributed by atoms with Crippen LogP contribution in [0.15, 0.2) is 29.8 Å². The lowest BCUT2D eigenvalue weighted by Gasteiger charge is -2.40. The highest BCUT2D eigenvalue weighted by molar-refractivity contribution is 7.13. The minimum absolute atomic E-state index is 0.161. The number of anilines is 1. The molecule has 3 heterocycles. The Labute approximate surface area is 139 Å². The van der Waals surface area contributed by atoms with Gasteiger partial charge in [0.1, 0.15) is 11.3 Å². The van der Waals surface area contributed by atoms with Gasteiger partial charge in [-0.3, -0.25) is 4.90 Å². The molecule has 4 rings (SSSR count). The lowest BCUT2D eigenvalue weighted by atomic mass is 9.79. The van der Waals surface area contributed by atoms with E-state index < -0.39 is 0 Å². The summed E-state index contributed by atoms with van der Waals surface area (Å²) in [5.74, 6) is -0.161. The maximum Gasteiger partial charge on any atom is 0.208 e. The van der Waals surface area contributed by atoms with Gasteiger partial charge in [-0.1, -0.05) is 23.5 Å². The number of aromatic nitrogens is 2. The second-order valence-electron chi connectivity index (χ2n) is 6.83. The predicted octanol–water partition coefficient (Wildman–Crippen LogP) is 3.17. The molecule has 0 N–H and O–H groups in total. The van der Waals surface area contributed by atoms with Crippen molar-refractivity contribution in [3.8, 4) is 0 Å². The van der Waals surface area contributed by atoms with Crippen LogP contribution in [0.25, 0.3) is 0 Å². The molecule has 4 nitrogen and oxygen atoms in total. The van der Waals surface area contributed by atoms with Crippen LogP contribution < -0.4 is 4.90 Å². The van der Waals surface area contributed by atoms with Crippen molar-refractivity contribution in [1.29, 1.82) is 0 Å². The van der Waals surface area contributed by atoms with Crippen LogP contribution in [-0.4, -0.2) is 41.3 Å². The molecule has 6 heteroatoms. The van der Waals surface area contributed by atoms with Crippen LogP contribution in [0.1, 0.15) is 24.8 Å². The first kappa shape index (κ1) is 15.0. The molecular formula is C17H21FN4S. The van der Waals surface area contributed by atoms with Crippen molar-refractivity contribution in [3.05, 3.63) is 41.2 Å². The number of likely N-dealkylation sites (tertiary alicyclic amines) is 1. The molecule has 2 aromatic rings. The molecule has 2 aliphatic rings. The topological polar surface area (TPSA) is 32.3 Å². The summed E-state index contributed by atoms with van der Waals surface area (Å²) in [7, 11) is 0. The van der Waals surface area contributed by atoms with Crippen LogP contribution >= 0.6 is 11.3 Å². The molecule has 1 aromatic heterocycles. The fourth-order valence-electron chi connectivity index (χ4n) is 4.02. The summed E-state index contributed by atoms with van der Waals surface area (Å²) in [5, 5.41) is 9.27. The zero-order valence-corrected chi connectivity index (χ0v) is 13.9. The molecule has 23 heavy (non-hydrogen) atoms. The van der Waals surface area contributed by atoms with E-state index in [9.17, 15) is 4.39 Å². The van der Waals surface area contributed by atoms with Gasteiger partial charge in [-0.05, 0) is 43.5 Å². The Morgan fingerprint density at radius 1 is 1.13 bits per heavy atom. The Balaban J connectivity index is 1.41. The molecule has 0 unspecified atom stereocenters. The van der Waals surface area contributed by atoms with Crippen molar-refractivity contribution in [2.45, 2.75) is 25.8 Å². The molecule has 122 valence electrons. The van der Waals surface area contributed by atoms with Crippen molar-refractivity contribution in [3.63, 3.8) is 0 Å². The van der Waals surface area contributed by atoms with Crippen LogP contribution in [0.3, 0.4) is 0 Å². The number of piperidine rings is 1. The monoisotopic (exact) mass is 332 g/mol. The Bertz CT molecular complexity index is 645. The van der Waals surface area contributed by atoms with Crippen LogP contribution in [-0.2, 0) is 6.54 Å². The molecule has 2 saturated heterocycles. The summed E-state index contributed by atoms with van der Waals surface area (Å²) in [4.78, 5) is 4.92. The van der Waals surface area contributed by atoms with E-state index in [-0.39, 0.29) is 5.82 Å². The van der Waals surface area contributed by atoms with E-state index >= 15 is 0 Å². The van der Waals surface area contributed by atoms with Crippen molar-refractivity contribution in [2.24, 2.45) is 5.41 Å². The van der Waals surface area contributed by atoms with E-state index in [0.29, 0.717) is 5.41 Å². The first-order chi connectivity index (χ1) is 11.2. The number of nitrogens with zero attached hydrogens (tertiary/aromatic N) is 4. The fourth-order valence-corrected chi connectivity index (χ4v) is 4.61. The van der Waals surface area contributed by atoms with Crippen molar-refractivity contribution in [2.75, 3.05) is 31.1 Å². The fraction of sp³-hybridized carbons (Fsp3) is 0.529. The highest BCUT2D eigenvalue weighted by Crippen LogP contribution is 2.40. The van der Waals surface area contributed by atoms with E-state index in [4.69, 9.17) is 0 Å². The van der Waals surface area contributed by atoms with Gasteiger partial charge in [-0.25, -0.2) is 4.39 Å². The second-order valence-corrected chi connectivity index (χ2v) is 7.65. The standard InChI is InChI=1S/C17H21FN4S/c18-15-4-2-14(3-5-15)10-21-9-7-17(11-21)6-1-8-22(12-17)16-20-19-13-23-16/h2-5,13H,1,6-12H2/t17-/m1/s1. The molecule has 1 atom stereocenters. The number of hydrogen-bond acceptors (Lipinski definition) is 5. The molecule has 0 aliphatic carbocycles. The second kappa shape index (κ2) is 6.17. The average molecular weight is 332 g/mol. The predicted molar refractivity (Wildman–Crippen MR) is 90.1 cm³/mol. The molecule has 1 aromatic carbocycles. The Morgan fingerprint density at radius 2 is 2.00 bits per heavy atom. The minimum atomic E-state index is -0.161. The number of rotatable bonds is 3. The van der Waals surface area contributed by atoms with Crippen LogP contribution in [0.2, 0.25) is 0 Å². The van der Waals surface area contributed by atoms with Gasteiger partial charge in [0.25, 0.3) is 0 Å². The van der Waals surface area contributed by atoms with Gasteiger partial charge in [0.2, 0.25) is 5.13 Å². The summed E-state index contributed by atoms with van der Waals surface area (Å²) < 4.78 is 13.0. The highest BCUT2D eigenvalue weighted by Gasteiger charge is 2.41. The number of benzene rings is 1. The Morgan fingerprint density at radius 3 is 2.78 bits per heavy atom. The molecule has 2 fully saturated rings. The molecule has 1 spiro atoms. The van der Waals surface area contributed by atoms with Crippen LogP contribution in [0, 0.1) is 11.2 Å². The summed E-state index contributed by atoms with van der Waals surface area (Å²) in [6.45, 7) is 5.35. The molecule has 2 aliphatic heterocycles. The first-order valence-corrected chi connectivity index (χ1v) is 9.08. The van der Waals surface area contributed by atoms with Gasteiger partial charge in [-0.15, -0.1) is 10.2 Å². The van der Waals surface area contributed by atoms with Gasteiger partial charge in [0.05, 0.1) is 0 Å². The Kier molecular flexibility index (Phi) is 4.03. The van der Waals surface area contributed by atoms with Gasteiger partial charge >= 0.3 is 0 Å². The lowest BCUT2D eigenvalue weighted by Crippen LogP contribution is -2.44. The molecule has 0 saturated carbocycles. The first-order valence-electron chi connectivity index (χ1n) is 8.20. The van der Waals surface area contributed by atoms with Crippen LogP contribution in [0.5, 0.6) is 0 Å². The summed E-state index contributed by atoms with van der Waals surface area (Å²) in [6, 6.07) is 6.90. The molecule has 0 bridgehead atoms. The normalized spacial score (nSPS) is 25.3. The van der Waals surface area contributed by atoms with E-state index in [0.717, 1.165) is 37.9 Å². The highest BCUT2D eigenvalue weighted by atomic mass is 32.1. The largest absolute Gasteiger partial charge is 0.346 e. The van der Waals surface area contributed by atoms with Gasteiger partial charge in [0, 0.05) is 31.6 Å². The third-order valence-corrected chi connectivity index (χ3v) is 5.87. The number of hydrogen-bond donors (Lipinski definition) is 0. The van der Waals surface area contributed by atoms with E-state index in [1.54, 1.807) is 23.5 Å². The third kappa shape index (κ3) is 3.23. The molecule has 0 radical (unpaired) electrons. The zero-order valence-electron chi connectivity index (χ0n) is 13.1. The van der Waals surface area contributed by atoms with Crippen LogP contribution in [0.4, 0.5) is 9.52 Å². The average Bonchev–Trinajstić information content (AvgIpc) is 3.21. The quantitative estimate of drug-likeness (QED) is 0.864. The van der Waals surface area contributed by atoms with Crippen molar-refractivity contribution < 1.29 is 4.39 Å². The van der Waals surface area contributed by atoms with Gasteiger partial charge < -0.3 is 4.90 Å². The lowest BCUT2D eigenvalue weighted by molar-refractivity contribution is 0.216. The van der Waals surface area contributed by atoms with E-state index in [1.165, 1.54) is 24.8 Å².